The third-order valence-corrected chi connectivity index (χ3v) is 4.41. The normalized spacial score (nSPS) is 14.3. The van der Waals surface area contributed by atoms with E-state index in [0.29, 0.717) is 5.56 Å². The Hall–Kier alpha value is -2.91. The fourth-order valence-electron chi connectivity index (χ4n) is 3.05. The SMILES string of the molecule is O=[N+]([O-])c1cccc2c(C(O)(CO)C(F)(F)F)cn(Cc3ccccc3)c12. The lowest BCUT2D eigenvalue weighted by Crippen LogP contribution is -2.45. The van der Waals surface area contributed by atoms with E-state index in [1.807, 2.05) is 0 Å². The molecular weight excluding hydrogens is 365 g/mol. The van der Waals surface area contributed by atoms with Gasteiger partial charge in [-0.25, -0.2) is 0 Å². The highest BCUT2D eigenvalue weighted by Gasteiger charge is 2.56. The zero-order valence-electron chi connectivity index (χ0n) is 13.8. The maximum Gasteiger partial charge on any atom is 0.423 e. The number of hydrogen-bond acceptors (Lipinski definition) is 4. The molecule has 0 aliphatic rings. The summed E-state index contributed by atoms with van der Waals surface area (Å²) in [5, 5.41) is 30.7. The van der Waals surface area contributed by atoms with E-state index in [4.69, 9.17) is 0 Å². The maximum absolute atomic E-state index is 13.5. The van der Waals surface area contributed by atoms with Crippen LogP contribution in [0.3, 0.4) is 0 Å². The Balaban J connectivity index is 2.31. The fourth-order valence-corrected chi connectivity index (χ4v) is 3.05. The average molecular weight is 380 g/mol. The van der Waals surface area contributed by atoms with E-state index in [1.54, 1.807) is 30.3 Å². The van der Waals surface area contributed by atoms with Crippen molar-refractivity contribution in [3.63, 3.8) is 0 Å². The minimum absolute atomic E-state index is 0.0571. The molecule has 0 bridgehead atoms. The molecule has 0 amide bonds. The van der Waals surface area contributed by atoms with Crippen LogP contribution in [0.2, 0.25) is 0 Å². The van der Waals surface area contributed by atoms with E-state index < -0.39 is 34.6 Å². The van der Waals surface area contributed by atoms with Gasteiger partial charge in [0.2, 0.25) is 5.60 Å². The predicted octanol–water partition coefficient (Wildman–Crippen LogP) is 3.34. The Labute approximate surface area is 151 Å². The highest BCUT2D eigenvalue weighted by molar-refractivity contribution is 5.92. The molecule has 0 aliphatic heterocycles. The number of nitrogens with zero attached hydrogens (tertiary/aromatic N) is 2. The van der Waals surface area contributed by atoms with Gasteiger partial charge >= 0.3 is 6.18 Å². The molecule has 6 nitrogen and oxygen atoms in total. The van der Waals surface area contributed by atoms with Gasteiger partial charge in [-0.3, -0.25) is 10.1 Å². The van der Waals surface area contributed by atoms with Gasteiger partial charge in [0, 0.05) is 29.8 Å². The summed E-state index contributed by atoms with van der Waals surface area (Å²) in [5.41, 5.74) is -3.91. The Morgan fingerprint density at radius 3 is 2.30 bits per heavy atom. The highest BCUT2D eigenvalue weighted by Crippen LogP contribution is 2.43. The summed E-state index contributed by atoms with van der Waals surface area (Å²) in [6.45, 7) is -1.55. The predicted molar refractivity (Wildman–Crippen MR) is 91.2 cm³/mol. The van der Waals surface area contributed by atoms with Gasteiger partial charge in [-0.2, -0.15) is 13.2 Å². The van der Waals surface area contributed by atoms with Crippen molar-refractivity contribution in [3.05, 3.63) is 76.0 Å². The quantitative estimate of drug-likeness (QED) is 0.525. The maximum atomic E-state index is 13.5. The van der Waals surface area contributed by atoms with E-state index >= 15 is 0 Å². The Kier molecular flexibility index (Phi) is 4.66. The summed E-state index contributed by atoms with van der Waals surface area (Å²) in [4.78, 5) is 10.7. The number of non-ortho nitro benzene ring substituents is 1. The number of benzene rings is 2. The number of aromatic nitrogens is 1. The third-order valence-electron chi connectivity index (χ3n) is 4.41. The molecule has 3 aromatic rings. The van der Waals surface area contributed by atoms with Crippen LogP contribution in [0.4, 0.5) is 18.9 Å². The van der Waals surface area contributed by atoms with Crippen LogP contribution < -0.4 is 0 Å². The van der Waals surface area contributed by atoms with Crippen LogP contribution in [0.25, 0.3) is 10.9 Å². The van der Waals surface area contributed by atoms with Crippen LogP contribution in [0.5, 0.6) is 0 Å². The molecule has 0 saturated carbocycles. The first-order chi connectivity index (χ1) is 12.7. The molecule has 9 heteroatoms. The highest BCUT2D eigenvalue weighted by atomic mass is 19.4. The van der Waals surface area contributed by atoms with Gasteiger partial charge in [0.05, 0.1) is 11.5 Å². The molecule has 1 aromatic heterocycles. The van der Waals surface area contributed by atoms with E-state index in [1.165, 1.54) is 22.8 Å². The minimum Gasteiger partial charge on any atom is -0.393 e. The zero-order chi connectivity index (χ0) is 19.8. The van der Waals surface area contributed by atoms with E-state index in [-0.39, 0.29) is 17.4 Å². The van der Waals surface area contributed by atoms with E-state index in [2.05, 4.69) is 0 Å². The molecule has 1 heterocycles. The Bertz CT molecular complexity index is 985. The second-order valence-corrected chi connectivity index (χ2v) is 6.10. The third kappa shape index (κ3) is 3.15. The summed E-state index contributed by atoms with van der Waals surface area (Å²) in [6, 6.07) is 12.4. The van der Waals surface area contributed by atoms with E-state index in [9.17, 15) is 33.5 Å². The van der Waals surface area contributed by atoms with Crippen molar-refractivity contribution >= 4 is 16.6 Å². The smallest absolute Gasteiger partial charge is 0.393 e. The van der Waals surface area contributed by atoms with Crippen molar-refractivity contribution in [2.24, 2.45) is 0 Å². The van der Waals surface area contributed by atoms with Gasteiger partial charge in [-0.1, -0.05) is 42.5 Å². The Morgan fingerprint density at radius 1 is 1.07 bits per heavy atom. The molecule has 1 unspecified atom stereocenters. The first-order valence-electron chi connectivity index (χ1n) is 7.89. The summed E-state index contributed by atoms with van der Waals surface area (Å²) in [6.07, 6.45) is -4.16. The van der Waals surface area contributed by atoms with Crippen LogP contribution in [0, 0.1) is 10.1 Å². The summed E-state index contributed by atoms with van der Waals surface area (Å²) >= 11 is 0. The van der Waals surface area contributed by atoms with Crippen LogP contribution in [0.15, 0.2) is 54.7 Å². The number of aliphatic hydroxyl groups is 2. The second-order valence-electron chi connectivity index (χ2n) is 6.10. The molecular formula is C18H15F3N2O4. The molecule has 27 heavy (non-hydrogen) atoms. The molecule has 0 radical (unpaired) electrons. The van der Waals surface area contributed by atoms with Crippen molar-refractivity contribution in [1.82, 2.24) is 4.57 Å². The number of alkyl halides is 3. The van der Waals surface area contributed by atoms with Gasteiger partial charge in [-0.05, 0) is 5.56 Å². The van der Waals surface area contributed by atoms with E-state index in [0.717, 1.165) is 6.20 Å². The number of rotatable bonds is 5. The second kappa shape index (κ2) is 6.67. The molecule has 142 valence electrons. The number of hydrogen-bond donors (Lipinski definition) is 2. The molecule has 1 atom stereocenters. The number of halogens is 3. The van der Waals surface area contributed by atoms with Crippen molar-refractivity contribution in [2.75, 3.05) is 6.61 Å². The molecule has 3 rings (SSSR count). The summed E-state index contributed by atoms with van der Waals surface area (Å²) in [7, 11) is 0. The monoisotopic (exact) mass is 380 g/mol. The Morgan fingerprint density at radius 2 is 1.74 bits per heavy atom. The summed E-state index contributed by atoms with van der Waals surface area (Å²) < 4.78 is 41.7. The van der Waals surface area contributed by atoms with Gasteiger partial charge in [0.15, 0.2) is 0 Å². The van der Waals surface area contributed by atoms with Crippen LogP contribution in [-0.2, 0) is 12.1 Å². The summed E-state index contributed by atoms with van der Waals surface area (Å²) in [5.74, 6) is 0. The average Bonchev–Trinajstić information content (AvgIpc) is 3.00. The number of aliphatic hydroxyl groups excluding tert-OH is 1. The zero-order valence-corrected chi connectivity index (χ0v) is 13.8. The minimum atomic E-state index is -5.17. The molecule has 0 fully saturated rings. The fraction of sp³-hybridized carbons (Fsp3) is 0.222. The van der Waals surface area contributed by atoms with Crippen molar-refractivity contribution in [2.45, 2.75) is 18.3 Å². The topological polar surface area (TPSA) is 88.5 Å². The van der Waals surface area contributed by atoms with Crippen LogP contribution >= 0.6 is 0 Å². The van der Waals surface area contributed by atoms with Gasteiger partial charge in [0.1, 0.15) is 5.52 Å². The van der Waals surface area contributed by atoms with Crippen molar-refractivity contribution in [1.29, 1.82) is 0 Å². The number of nitro benzene ring substituents is 1. The van der Waals surface area contributed by atoms with Crippen LogP contribution in [-0.4, -0.2) is 32.5 Å². The van der Waals surface area contributed by atoms with Gasteiger partial charge < -0.3 is 14.8 Å². The van der Waals surface area contributed by atoms with Crippen molar-refractivity contribution < 1.29 is 28.3 Å². The van der Waals surface area contributed by atoms with Gasteiger partial charge in [-0.15, -0.1) is 0 Å². The first kappa shape index (κ1) is 18.9. The standard InChI is InChI=1S/C18H15F3N2O4/c19-18(20,21)17(25,11-24)14-10-22(9-12-5-2-1-3-6-12)16-13(14)7-4-8-15(16)23(26)27/h1-8,10,24-25H,9,11H2. The lowest BCUT2D eigenvalue weighted by molar-refractivity contribution is -0.383. The molecule has 0 spiro atoms. The lowest BCUT2D eigenvalue weighted by Gasteiger charge is -2.28. The molecule has 0 aliphatic carbocycles. The number of fused-ring (bicyclic) bond motifs is 1. The first-order valence-corrected chi connectivity index (χ1v) is 7.89. The lowest BCUT2D eigenvalue weighted by atomic mass is 9.93. The van der Waals surface area contributed by atoms with Crippen molar-refractivity contribution in [3.8, 4) is 0 Å². The molecule has 0 saturated heterocycles. The van der Waals surface area contributed by atoms with Crippen LogP contribution in [0.1, 0.15) is 11.1 Å². The number of para-hydroxylation sites is 1. The largest absolute Gasteiger partial charge is 0.423 e. The number of nitro groups is 1. The molecule has 2 N–H and O–H groups in total. The molecule has 2 aromatic carbocycles. The van der Waals surface area contributed by atoms with Gasteiger partial charge in [0.25, 0.3) is 5.69 Å².